The number of carbonyl (C=O) groups excluding carboxylic acids is 3. The fraction of sp³-hybridized carbons (Fsp3) is 0.800. The molecule has 116 valence electrons. The summed E-state index contributed by atoms with van der Waals surface area (Å²) in [5.41, 5.74) is -1.26. The van der Waals surface area contributed by atoms with Gasteiger partial charge < -0.3 is 9.47 Å². The van der Waals surface area contributed by atoms with Crippen LogP contribution in [0.3, 0.4) is 0 Å². The van der Waals surface area contributed by atoms with E-state index in [-0.39, 0.29) is 43.7 Å². The van der Waals surface area contributed by atoms with Crippen LogP contribution < -0.4 is 0 Å². The standard InChI is InChI=1S/C15H26O5/c1-6-20-14(18)15(13(5)17,9-11(2)3)10-19-8-7-12(4)16/h11H,6-10H2,1-5H3. The molecule has 0 aliphatic rings. The Bertz CT molecular complexity index is 348. The highest BCUT2D eigenvalue weighted by molar-refractivity contribution is 6.02. The highest BCUT2D eigenvalue weighted by Crippen LogP contribution is 2.30. The molecule has 20 heavy (non-hydrogen) atoms. The molecule has 0 heterocycles. The highest BCUT2D eigenvalue weighted by atomic mass is 16.5. The molecule has 1 unspecified atom stereocenters. The number of esters is 1. The predicted molar refractivity (Wildman–Crippen MR) is 75.3 cm³/mol. The van der Waals surface area contributed by atoms with Gasteiger partial charge in [-0.05, 0) is 33.1 Å². The van der Waals surface area contributed by atoms with Crippen LogP contribution in [-0.4, -0.2) is 37.4 Å². The van der Waals surface area contributed by atoms with Gasteiger partial charge in [0.15, 0.2) is 0 Å². The van der Waals surface area contributed by atoms with E-state index >= 15 is 0 Å². The van der Waals surface area contributed by atoms with Crippen molar-refractivity contribution < 1.29 is 23.9 Å². The van der Waals surface area contributed by atoms with Gasteiger partial charge in [-0.3, -0.25) is 14.4 Å². The first kappa shape index (κ1) is 18.8. The van der Waals surface area contributed by atoms with Crippen molar-refractivity contribution in [3.8, 4) is 0 Å². The van der Waals surface area contributed by atoms with E-state index in [0.717, 1.165) is 0 Å². The molecule has 0 aliphatic heterocycles. The molecule has 0 radical (unpaired) electrons. The van der Waals surface area contributed by atoms with Gasteiger partial charge in [-0.25, -0.2) is 0 Å². The minimum atomic E-state index is -1.26. The lowest BCUT2D eigenvalue weighted by Gasteiger charge is -2.30. The maximum atomic E-state index is 12.2. The smallest absolute Gasteiger partial charge is 0.322 e. The molecule has 0 saturated heterocycles. The Morgan fingerprint density at radius 2 is 1.75 bits per heavy atom. The van der Waals surface area contributed by atoms with Crippen molar-refractivity contribution in [1.82, 2.24) is 0 Å². The summed E-state index contributed by atoms with van der Waals surface area (Å²) in [7, 11) is 0. The van der Waals surface area contributed by atoms with Crippen LogP contribution in [0.1, 0.15) is 47.5 Å². The van der Waals surface area contributed by atoms with Gasteiger partial charge in [0.2, 0.25) is 0 Å². The van der Waals surface area contributed by atoms with Crippen LogP contribution in [0.4, 0.5) is 0 Å². The van der Waals surface area contributed by atoms with Crippen molar-refractivity contribution in [2.24, 2.45) is 11.3 Å². The number of carbonyl (C=O) groups is 3. The zero-order chi connectivity index (χ0) is 15.8. The van der Waals surface area contributed by atoms with Crippen LogP contribution in [0, 0.1) is 11.3 Å². The Balaban J connectivity index is 4.94. The zero-order valence-electron chi connectivity index (χ0n) is 13.2. The van der Waals surface area contributed by atoms with Gasteiger partial charge in [-0.1, -0.05) is 13.8 Å². The van der Waals surface area contributed by atoms with Crippen LogP contribution >= 0.6 is 0 Å². The number of Topliss-reactive ketones (excluding diaryl/α,β-unsaturated/α-hetero) is 2. The average Bonchev–Trinajstić information content (AvgIpc) is 2.32. The van der Waals surface area contributed by atoms with Crippen molar-refractivity contribution in [2.45, 2.75) is 47.5 Å². The average molecular weight is 286 g/mol. The molecule has 0 aliphatic carbocycles. The molecule has 0 fully saturated rings. The molecule has 0 bridgehead atoms. The molecular formula is C15H26O5. The predicted octanol–water partition coefficient (Wildman–Crippen LogP) is 2.17. The van der Waals surface area contributed by atoms with Crippen LogP contribution in [-0.2, 0) is 23.9 Å². The molecule has 0 aromatic heterocycles. The second-order valence-electron chi connectivity index (χ2n) is 5.46. The first-order valence-corrected chi connectivity index (χ1v) is 7.01. The van der Waals surface area contributed by atoms with Crippen LogP contribution in [0.2, 0.25) is 0 Å². The number of ether oxygens (including phenoxy) is 2. The summed E-state index contributed by atoms with van der Waals surface area (Å²) in [5, 5.41) is 0. The molecule has 0 aromatic rings. The minimum Gasteiger partial charge on any atom is -0.465 e. The van der Waals surface area contributed by atoms with Crippen LogP contribution in [0.15, 0.2) is 0 Å². The fourth-order valence-corrected chi connectivity index (χ4v) is 2.02. The summed E-state index contributed by atoms with van der Waals surface area (Å²) in [6, 6.07) is 0. The van der Waals surface area contributed by atoms with E-state index in [2.05, 4.69) is 0 Å². The van der Waals surface area contributed by atoms with Gasteiger partial charge in [-0.15, -0.1) is 0 Å². The molecule has 0 spiro atoms. The van der Waals surface area contributed by atoms with Crippen LogP contribution in [0.5, 0.6) is 0 Å². The topological polar surface area (TPSA) is 69.7 Å². The fourth-order valence-electron chi connectivity index (χ4n) is 2.02. The Kier molecular flexibility index (Phi) is 8.30. The Hall–Kier alpha value is -1.23. The maximum absolute atomic E-state index is 12.2. The van der Waals surface area contributed by atoms with Crippen molar-refractivity contribution in [3.63, 3.8) is 0 Å². The lowest BCUT2D eigenvalue weighted by molar-refractivity contribution is -0.165. The van der Waals surface area contributed by atoms with Gasteiger partial charge in [-0.2, -0.15) is 0 Å². The van der Waals surface area contributed by atoms with Gasteiger partial charge in [0, 0.05) is 6.42 Å². The number of hydrogen-bond donors (Lipinski definition) is 0. The number of hydrogen-bond acceptors (Lipinski definition) is 5. The van der Waals surface area contributed by atoms with E-state index in [4.69, 9.17) is 9.47 Å². The minimum absolute atomic E-state index is 0.0124. The zero-order valence-corrected chi connectivity index (χ0v) is 13.2. The molecule has 0 rings (SSSR count). The second kappa shape index (κ2) is 8.84. The monoisotopic (exact) mass is 286 g/mol. The van der Waals surface area contributed by atoms with Crippen molar-refractivity contribution in [1.29, 1.82) is 0 Å². The molecule has 0 aromatic carbocycles. The maximum Gasteiger partial charge on any atom is 0.322 e. The SMILES string of the molecule is CCOC(=O)C(COCCC(C)=O)(CC(C)C)C(C)=O. The van der Waals surface area contributed by atoms with E-state index in [1.165, 1.54) is 13.8 Å². The van der Waals surface area contributed by atoms with Crippen molar-refractivity contribution in [3.05, 3.63) is 0 Å². The Morgan fingerprint density at radius 3 is 2.15 bits per heavy atom. The van der Waals surface area contributed by atoms with Gasteiger partial charge in [0.25, 0.3) is 0 Å². The summed E-state index contributed by atoms with van der Waals surface area (Å²) in [5.74, 6) is -0.630. The summed E-state index contributed by atoms with van der Waals surface area (Å²) >= 11 is 0. The van der Waals surface area contributed by atoms with Crippen molar-refractivity contribution >= 4 is 17.5 Å². The summed E-state index contributed by atoms with van der Waals surface area (Å²) in [6.45, 7) is 8.83. The van der Waals surface area contributed by atoms with Crippen molar-refractivity contribution in [2.75, 3.05) is 19.8 Å². The molecule has 0 N–H and O–H groups in total. The molecule has 5 nitrogen and oxygen atoms in total. The first-order chi connectivity index (χ1) is 9.26. The Morgan fingerprint density at radius 1 is 1.15 bits per heavy atom. The van der Waals surface area contributed by atoms with Crippen LogP contribution in [0.25, 0.3) is 0 Å². The first-order valence-electron chi connectivity index (χ1n) is 7.01. The van der Waals surface area contributed by atoms with E-state index in [1.54, 1.807) is 6.92 Å². The number of rotatable bonds is 10. The van der Waals surface area contributed by atoms with Gasteiger partial charge >= 0.3 is 5.97 Å². The lowest BCUT2D eigenvalue weighted by atomic mass is 9.77. The third kappa shape index (κ3) is 5.82. The quantitative estimate of drug-likeness (QED) is 0.350. The Labute approximate surface area is 121 Å². The molecular weight excluding hydrogens is 260 g/mol. The van der Waals surface area contributed by atoms with Gasteiger partial charge in [0.1, 0.15) is 17.0 Å². The third-order valence-corrected chi connectivity index (χ3v) is 3.04. The molecule has 1 atom stereocenters. The summed E-state index contributed by atoms with van der Waals surface area (Å²) in [6.07, 6.45) is 0.653. The number of ketones is 2. The highest BCUT2D eigenvalue weighted by Gasteiger charge is 2.45. The largest absolute Gasteiger partial charge is 0.465 e. The molecule has 0 amide bonds. The third-order valence-electron chi connectivity index (χ3n) is 3.04. The van der Waals surface area contributed by atoms with E-state index in [1.807, 2.05) is 13.8 Å². The second-order valence-corrected chi connectivity index (χ2v) is 5.46. The summed E-state index contributed by atoms with van der Waals surface area (Å²) in [4.78, 5) is 35.1. The van der Waals surface area contributed by atoms with E-state index in [9.17, 15) is 14.4 Å². The summed E-state index contributed by atoms with van der Waals surface area (Å²) < 4.78 is 10.4. The molecule has 5 heteroatoms. The van der Waals surface area contributed by atoms with E-state index < -0.39 is 11.4 Å². The molecule has 0 saturated carbocycles. The van der Waals surface area contributed by atoms with Gasteiger partial charge in [0.05, 0.1) is 19.8 Å². The normalized spacial score (nSPS) is 13.9. The van der Waals surface area contributed by atoms with E-state index in [0.29, 0.717) is 6.42 Å². The lowest BCUT2D eigenvalue weighted by Crippen LogP contribution is -2.44.